The van der Waals surface area contributed by atoms with Gasteiger partial charge in [0, 0.05) is 22.5 Å². The van der Waals surface area contributed by atoms with Crippen molar-refractivity contribution in [2.45, 2.75) is 12.3 Å². The van der Waals surface area contributed by atoms with Crippen LogP contribution in [0.3, 0.4) is 0 Å². The number of benzene rings is 1. The summed E-state index contributed by atoms with van der Waals surface area (Å²) in [6.07, 6.45) is 1.13. The molecule has 1 saturated heterocycles. The zero-order valence-corrected chi connectivity index (χ0v) is 10.9. The molecule has 1 aliphatic rings. The monoisotopic (exact) mass is 292 g/mol. The fraction of sp³-hybridized carbons (Fsp3) is 0.333. The van der Waals surface area contributed by atoms with Crippen LogP contribution in [-0.2, 0) is 0 Å². The van der Waals surface area contributed by atoms with Crippen LogP contribution in [0, 0.1) is 0 Å². The highest BCUT2D eigenvalue weighted by atomic mass is 79.9. The van der Waals surface area contributed by atoms with E-state index in [0.717, 1.165) is 41.2 Å². The summed E-state index contributed by atoms with van der Waals surface area (Å²) in [6.45, 7) is 2.06. The number of hydrogen-bond acceptors (Lipinski definition) is 3. The van der Waals surface area contributed by atoms with Gasteiger partial charge in [0.05, 0.1) is 0 Å². The Morgan fingerprint density at radius 1 is 1.29 bits per heavy atom. The number of hydrogen-bond donors (Lipinski definition) is 2. The second-order valence-corrected chi connectivity index (χ2v) is 5.07. The Kier molecular flexibility index (Phi) is 2.94. The van der Waals surface area contributed by atoms with Gasteiger partial charge >= 0.3 is 0 Å². The van der Waals surface area contributed by atoms with Gasteiger partial charge < -0.3 is 5.32 Å². The molecule has 1 fully saturated rings. The van der Waals surface area contributed by atoms with Crippen molar-refractivity contribution in [2.75, 3.05) is 13.1 Å². The van der Waals surface area contributed by atoms with Gasteiger partial charge in [0.2, 0.25) is 0 Å². The molecule has 3 rings (SSSR count). The molecule has 1 unspecified atom stereocenters. The zero-order chi connectivity index (χ0) is 11.7. The van der Waals surface area contributed by atoms with Crippen molar-refractivity contribution in [3.8, 4) is 11.4 Å². The van der Waals surface area contributed by atoms with Crippen LogP contribution in [-0.4, -0.2) is 28.3 Å². The van der Waals surface area contributed by atoms with Crippen LogP contribution in [0.15, 0.2) is 28.7 Å². The van der Waals surface area contributed by atoms with Crippen LogP contribution in [0.4, 0.5) is 0 Å². The number of H-pyrrole nitrogens is 1. The average molecular weight is 293 g/mol. The summed E-state index contributed by atoms with van der Waals surface area (Å²) in [4.78, 5) is 4.59. The molecule has 5 heteroatoms. The molecular weight excluding hydrogens is 280 g/mol. The van der Waals surface area contributed by atoms with Crippen molar-refractivity contribution >= 4 is 15.9 Å². The number of nitrogens with zero attached hydrogens (tertiary/aromatic N) is 2. The van der Waals surface area contributed by atoms with Crippen molar-refractivity contribution in [1.82, 2.24) is 20.5 Å². The molecule has 4 nitrogen and oxygen atoms in total. The zero-order valence-electron chi connectivity index (χ0n) is 9.28. The van der Waals surface area contributed by atoms with Crippen molar-refractivity contribution in [3.05, 3.63) is 34.6 Å². The molecule has 1 aromatic carbocycles. The quantitative estimate of drug-likeness (QED) is 0.893. The minimum absolute atomic E-state index is 0.471. The van der Waals surface area contributed by atoms with E-state index in [9.17, 15) is 0 Å². The normalized spacial score (nSPS) is 19.7. The largest absolute Gasteiger partial charge is 0.316 e. The van der Waals surface area contributed by atoms with Crippen molar-refractivity contribution < 1.29 is 0 Å². The van der Waals surface area contributed by atoms with Gasteiger partial charge in [0.15, 0.2) is 5.82 Å². The highest BCUT2D eigenvalue weighted by Gasteiger charge is 2.20. The van der Waals surface area contributed by atoms with Gasteiger partial charge in [-0.05, 0) is 25.1 Å². The predicted octanol–water partition coefficient (Wildman–Crippen LogP) is 2.31. The predicted molar refractivity (Wildman–Crippen MR) is 69.7 cm³/mol. The molecule has 0 saturated carbocycles. The fourth-order valence-corrected chi connectivity index (χ4v) is 2.57. The molecule has 1 atom stereocenters. The van der Waals surface area contributed by atoms with E-state index in [2.05, 4.69) is 36.4 Å². The summed E-state index contributed by atoms with van der Waals surface area (Å²) in [7, 11) is 0. The summed E-state index contributed by atoms with van der Waals surface area (Å²) in [6, 6.07) is 8.00. The Morgan fingerprint density at radius 3 is 2.94 bits per heavy atom. The van der Waals surface area contributed by atoms with E-state index in [1.165, 1.54) is 0 Å². The SMILES string of the molecule is Brc1ccccc1-c1n[nH]c(C2CCNC2)n1. The smallest absolute Gasteiger partial charge is 0.182 e. The van der Waals surface area contributed by atoms with E-state index >= 15 is 0 Å². The Bertz CT molecular complexity index is 517. The first kappa shape index (κ1) is 10.9. The number of halogens is 1. The third-order valence-electron chi connectivity index (χ3n) is 3.06. The lowest BCUT2D eigenvalue weighted by Crippen LogP contribution is -2.08. The molecule has 1 aromatic heterocycles. The number of aromatic amines is 1. The van der Waals surface area contributed by atoms with E-state index in [4.69, 9.17) is 0 Å². The molecule has 2 heterocycles. The van der Waals surface area contributed by atoms with Crippen LogP contribution in [0.2, 0.25) is 0 Å². The van der Waals surface area contributed by atoms with Crippen LogP contribution >= 0.6 is 15.9 Å². The fourth-order valence-electron chi connectivity index (χ4n) is 2.11. The summed E-state index contributed by atoms with van der Waals surface area (Å²) in [5.74, 6) is 2.22. The minimum atomic E-state index is 0.471. The molecule has 1 aliphatic heterocycles. The van der Waals surface area contributed by atoms with E-state index < -0.39 is 0 Å². The maximum Gasteiger partial charge on any atom is 0.182 e. The van der Waals surface area contributed by atoms with Gasteiger partial charge in [-0.25, -0.2) is 4.98 Å². The van der Waals surface area contributed by atoms with E-state index in [1.807, 2.05) is 24.3 Å². The third kappa shape index (κ3) is 2.12. The summed E-state index contributed by atoms with van der Waals surface area (Å²) in [5, 5.41) is 10.7. The topological polar surface area (TPSA) is 53.6 Å². The molecule has 0 radical (unpaired) electrons. The minimum Gasteiger partial charge on any atom is -0.316 e. The average Bonchev–Trinajstić information content (AvgIpc) is 3.00. The van der Waals surface area contributed by atoms with E-state index in [0.29, 0.717) is 5.92 Å². The van der Waals surface area contributed by atoms with Crippen LogP contribution < -0.4 is 5.32 Å². The first-order chi connectivity index (χ1) is 8.34. The van der Waals surface area contributed by atoms with Gasteiger partial charge in [0.25, 0.3) is 0 Å². The molecule has 2 N–H and O–H groups in total. The molecular formula is C12H13BrN4. The number of rotatable bonds is 2. The Balaban J connectivity index is 1.92. The lowest BCUT2D eigenvalue weighted by atomic mass is 10.1. The molecule has 0 bridgehead atoms. The van der Waals surface area contributed by atoms with Crippen molar-refractivity contribution in [1.29, 1.82) is 0 Å². The second-order valence-electron chi connectivity index (χ2n) is 4.21. The summed E-state index contributed by atoms with van der Waals surface area (Å²) >= 11 is 3.52. The van der Waals surface area contributed by atoms with Crippen molar-refractivity contribution in [3.63, 3.8) is 0 Å². The highest BCUT2D eigenvalue weighted by molar-refractivity contribution is 9.10. The maximum atomic E-state index is 4.59. The Labute approximate surface area is 108 Å². The highest BCUT2D eigenvalue weighted by Crippen LogP contribution is 2.26. The van der Waals surface area contributed by atoms with E-state index in [1.54, 1.807) is 0 Å². The molecule has 0 amide bonds. The van der Waals surface area contributed by atoms with Gasteiger partial charge in [-0.15, -0.1) is 0 Å². The van der Waals surface area contributed by atoms with E-state index in [-0.39, 0.29) is 0 Å². The van der Waals surface area contributed by atoms with Crippen LogP contribution in [0.1, 0.15) is 18.2 Å². The molecule has 0 spiro atoms. The molecule has 17 heavy (non-hydrogen) atoms. The first-order valence-electron chi connectivity index (χ1n) is 5.72. The van der Waals surface area contributed by atoms with Gasteiger partial charge in [-0.1, -0.05) is 28.1 Å². The number of aromatic nitrogens is 3. The van der Waals surface area contributed by atoms with Gasteiger partial charge in [0.1, 0.15) is 5.82 Å². The molecule has 88 valence electrons. The maximum absolute atomic E-state index is 4.59. The Hall–Kier alpha value is -1.20. The summed E-state index contributed by atoms with van der Waals surface area (Å²) < 4.78 is 1.02. The molecule has 0 aliphatic carbocycles. The first-order valence-corrected chi connectivity index (χ1v) is 6.52. The Morgan fingerprint density at radius 2 is 2.18 bits per heavy atom. The van der Waals surface area contributed by atoms with Crippen LogP contribution in [0.25, 0.3) is 11.4 Å². The van der Waals surface area contributed by atoms with Gasteiger partial charge in [-0.2, -0.15) is 5.10 Å². The third-order valence-corrected chi connectivity index (χ3v) is 3.76. The van der Waals surface area contributed by atoms with Crippen molar-refractivity contribution in [2.24, 2.45) is 0 Å². The van der Waals surface area contributed by atoms with Gasteiger partial charge in [-0.3, -0.25) is 5.10 Å². The lowest BCUT2D eigenvalue weighted by Gasteiger charge is -2.01. The summed E-state index contributed by atoms with van der Waals surface area (Å²) in [5.41, 5.74) is 1.03. The second kappa shape index (κ2) is 4.58. The lowest BCUT2D eigenvalue weighted by molar-refractivity contribution is 0.706. The molecule has 2 aromatic rings. The number of nitrogens with one attached hydrogen (secondary N) is 2. The standard InChI is InChI=1S/C12H13BrN4/c13-10-4-2-1-3-9(10)12-15-11(16-17-12)8-5-6-14-7-8/h1-4,8,14H,5-7H2,(H,15,16,17). The van der Waals surface area contributed by atoms with Crippen LogP contribution in [0.5, 0.6) is 0 Å².